The van der Waals surface area contributed by atoms with E-state index in [0.29, 0.717) is 22.7 Å². The Hall–Kier alpha value is -3.02. The number of carboxylic acid groups (broad SMARTS) is 1. The molecule has 1 atom stereocenters. The quantitative estimate of drug-likeness (QED) is 0.806. The maximum atomic E-state index is 12.1. The Morgan fingerprint density at radius 2 is 1.84 bits per heavy atom. The SMILES string of the molecule is COc1ccc(C)cc1NC(=O)COc1ccc(C(C)C(=O)O)cc1. The highest BCUT2D eigenvalue weighted by Crippen LogP contribution is 2.25. The lowest BCUT2D eigenvalue weighted by Crippen LogP contribution is -2.20. The molecule has 1 amide bonds. The molecule has 0 saturated heterocycles. The van der Waals surface area contributed by atoms with Crippen molar-refractivity contribution in [2.75, 3.05) is 19.0 Å². The highest BCUT2D eigenvalue weighted by molar-refractivity contribution is 5.93. The van der Waals surface area contributed by atoms with Crippen LogP contribution in [0.5, 0.6) is 11.5 Å². The minimum Gasteiger partial charge on any atom is -0.495 e. The van der Waals surface area contributed by atoms with Crippen LogP contribution in [0.25, 0.3) is 0 Å². The fourth-order valence-electron chi connectivity index (χ4n) is 2.25. The van der Waals surface area contributed by atoms with Crippen LogP contribution >= 0.6 is 0 Å². The fourth-order valence-corrected chi connectivity index (χ4v) is 2.25. The lowest BCUT2D eigenvalue weighted by Gasteiger charge is -2.12. The Morgan fingerprint density at radius 1 is 1.16 bits per heavy atom. The summed E-state index contributed by atoms with van der Waals surface area (Å²) in [4.78, 5) is 23.0. The molecule has 6 heteroatoms. The second kappa shape index (κ2) is 8.19. The summed E-state index contributed by atoms with van der Waals surface area (Å²) in [6.45, 7) is 3.37. The molecule has 2 aromatic rings. The maximum Gasteiger partial charge on any atom is 0.310 e. The average Bonchev–Trinajstić information content (AvgIpc) is 2.60. The molecular formula is C19H21NO5. The first-order valence-corrected chi connectivity index (χ1v) is 7.80. The van der Waals surface area contributed by atoms with Crippen molar-refractivity contribution >= 4 is 17.6 Å². The fraction of sp³-hybridized carbons (Fsp3) is 0.263. The molecule has 2 rings (SSSR count). The zero-order valence-corrected chi connectivity index (χ0v) is 14.4. The number of rotatable bonds is 7. The number of hydrogen-bond donors (Lipinski definition) is 2. The number of hydrogen-bond acceptors (Lipinski definition) is 4. The van der Waals surface area contributed by atoms with Gasteiger partial charge in [0.15, 0.2) is 6.61 Å². The summed E-state index contributed by atoms with van der Waals surface area (Å²) >= 11 is 0. The maximum absolute atomic E-state index is 12.1. The molecule has 0 fully saturated rings. The number of ether oxygens (including phenoxy) is 2. The first kappa shape index (κ1) is 18.3. The summed E-state index contributed by atoms with van der Waals surface area (Å²) in [6, 6.07) is 12.1. The number of carboxylic acids is 1. The summed E-state index contributed by atoms with van der Waals surface area (Å²) in [5.41, 5.74) is 2.26. The first-order valence-electron chi connectivity index (χ1n) is 7.80. The summed E-state index contributed by atoms with van der Waals surface area (Å²) in [7, 11) is 1.54. The van der Waals surface area contributed by atoms with Crippen LogP contribution in [0.2, 0.25) is 0 Å². The summed E-state index contributed by atoms with van der Waals surface area (Å²) in [6.07, 6.45) is 0. The van der Waals surface area contributed by atoms with E-state index in [2.05, 4.69) is 5.32 Å². The molecule has 2 aromatic carbocycles. The van der Waals surface area contributed by atoms with Gasteiger partial charge in [0.1, 0.15) is 11.5 Å². The molecule has 0 aliphatic carbocycles. The summed E-state index contributed by atoms with van der Waals surface area (Å²) < 4.78 is 10.7. The normalized spacial score (nSPS) is 11.5. The van der Waals surface area contributed by atoms with Crippen molar-refractivity contribution in [2.24, 2.45) is 0 Å². The van der Waals surface area contributed by atoms with Gasteiger partial charge in [-0.25, -0.2) is 0 Å². The third-order valence-electron chi connectivity index (χ3n) is 3.75. The van der Waals surface area contributed by atoms with Crippen LogP contribution < -0.4 is 14.8 Å². The van der Waals surface area contributed by atoms with E-state index >= 15 is 0 Å². The number of carbonyl (C=O) groups is 2. The van der Waals surface area contributed by atoms with Crippen LogP contribution in [0, 0.1) is 6.92 Å². The Labute approximate surface area is 146 Å². The number of benzene rings is 2. The molecule has 0 radical (unpaired) electrons. The van der Waals surface area contributed by atoms with Crippen LogP contribution in [0.15, 0.2) is 42.5 Å². The molecule has 0 aliphatic heterocycles. The van der Waals surface area contributed by atoms with Crippen LogP contribution in [-0.4, -0.2) is 30.7 Å². The van der Waals surface area contributed by atoms with Gasteiger partial charge in [-0.1, -0.05) is 18.2 Å². The van der Waals surface area contributed by atoms with Gasteiger partial charge in [-0.05, 0) is 49.2 Å². The first-order chi connectivity index (χ1) is 11.9. The number of aryl methyl sites for hydroxylation is 1. The smallest absolute Gasteiger partial charge is 0.310 e. The number of nitrogens with one attached hydrogen (secondary N) is 1. The van der Waals surface area contributed by atoms with E-state index in [4.69, 9.17) is 14.6 Å². The summed E-state index contributed by atoms with van der Waals surface area (Å²) in [5, 5.41) is 11.7. The van der Waals surface area contributed by atoms with Crippen molar-refractivity contribution < 1.29 is 24.2 Å². The molecule has 25 heavy (non-hydrogen) atoms. The Kier molecular flexibility index (Phi) is 6.00. The zero-order valence-electron chi connectivity index (χ0n) is 14.4. The topological polar surface area (TPSA) is 84.9 Å². The molecular weight excluding hydrogens is 322 g/mol. The highest BCUT2D eigenvalue weighted by atomic mass is 16.5. The van der Waals surface area contributed by atoms with E-state index in [1.54, 1.807) is 37.3 Å². The standard InChI is InChI=1S/C19H21NO5/c1-12-4-9-17(24-3)16(10-12)20-18(21)11-25-15-7-5-14(6-8-15)13(2)19(22)23/h4-10,13H,11H2,1-3H3,(H,20,21)(H,22,23). The molecule has 0 saturated carbocycles. The third kappa shape index (κ3) is 4.97. The van der Waals surface area contributed by atoms with E-state index in [0.717, 1.165) is 5.56 Å². The number of anilines is 1. The third-order valence-corrected chi connectivity index (χ3v) is 3.75. The molecule has 0 spiro atoms. The minimum atomic E-state index is -0.889. The Balaban J connectivity index is 1.94. The lowest BCUT2D eigenvalue weighted by molar-refractivity contribution is -0.138. The van der Waals surface area contributed by atoms with Crippen LogP contribution in [0.1, 0.15) is 24.0 Å². The van der Waals surface area contributed by atoms with Crippen molar-refractivity contribution in [3.05, 3.63) is 53.6 Å². The van der Waals surface area contributed by atoms with Gasteiger partial charge in [0.25, 0.3) is 5.91 Å². The van der Waals surface area contributed by atoms with Gasteiger partial charge in [0.05, 0.1) is 18.7 Å². The average molecular weight is 343 g/mol. The predicted octanol–water partition coefficient (Wildman–Crippen LogP) is 3.21. The van der Waals surface area contributed by atoms with Crippen LogP contribution in [-0.2, 0) is 9.59 Å². The highest BCUT2D eigenvalue weighted by Gasteiger charge is 2.13. The van der Waals surface area contributed by atoms with Crippen molar-refractivity contribution in [3.63, 3.8) is 0 Å². The van der Waals surface area contributed by atoms with Crippen molar-refractivity contribution in [1.29, 1.82) is 0 Å². The number of amides is 1. The van der Waals surface area contributed by atoms with Gasteiger partial charge < -0.3 is 19.9 Å². The van der Waals surface area contributed by atoms with Gasteiger partial charge in [-0.15, -0.1) is 0 Å². The second-order valence-electron chi connectivity index (χ2n) is 5.67. The largest absolute Gasteiger partial charge is 0.495 e. The van der Waals surface area contributed by atoms with E-state index in [1.807, 2.05) is 19.1 Å². The monoisotopic (exact) mass is 343 g/mol. The number of aliphatic carboxylic acids is 1. The van der Waals surface area contributed by atoms with Gasteiger partial charge >= 0.3 is 5.97 Å². The Morgan fingerprint density at radius 3 is 2.44 bits per heavy atom. The summed E-state index contributed by atoms with van der Waals surface area (Å²) in [5.74, 6) is -0.725. The van der Waals surface area contributed by atoms with Crippen LogP contribution in [0.4, 0.5) is 5.69 Å². The molecule has 132 valence electrons. The van der Waals surface area contributed by atoms with Gasteiger partial charge in [-0.3, -0.25) is 9.59 Å². The van der Waals surface area contributed by atoms with Crippen molar-refractivity contribution in [3.8, 4) is 11.5 Å². The number of carbonyl (C=O) groups excluding carboxylic acids is 1. The van der Waals surface area contributed by atoms with Gasteiger partial charge in [0.2, 0.25) is 0 Å². The molecule has 0 heterocycles. The van der Waals surface area contributed by atoms with Crippen molar-refractivity contribution in [2.45, 2.75) is 19.8 Å². The lowest BCUT2D eigenvalue weighted by atomic mass is 10.0. The van der Waals surface area contributed by atoms with E-state index < -0.39 is 11.9 Å². The molecule has 6 nitrogen and oxygen atoms in total. The minimum absolute atomic E-state index is 0.162. The zero-order chi connectivity index (χ0) is 18.4. The number of methoxy groups -OCH3 is 1. The van der Waals surface area contributed by atoms with E-state index in [1.165, 1.54) is 7.11 Å². The van der Waals surface area contributed by atoms with E-state index in [-0.39, 0.29) is 12.5 Å². The molecule has 2 N–H and O–H groups in total. The van der Waals surface area contributed by atoms with Crippen LogP contribution in [0.3, 0.4) is 0 Å². The van der Waals surface area contributed by atoms with Crippen molar-refractivity contribution in [1.82, 2.24) is 0 Å². The van der Waals surface area contributed by atoms with E-state index in [9.17, 15) is 9.59 Å². The predicted molar refractivity (Wildman–Crippen MR) is 94.3 cm³/mol. The Bertz CT molecular complexity index is 755. The second-order valence-corrected chi connectivity index (χ2v) is 5.67. The molecule has 0 aromatic heterocycles. The molecule has 1 unspecified atom stereocenters. The molecule has 0 bridgehead atoms. The van der Waals surface area contributed by atoms with Gasteiger partial charge in [-0.2, -0.15) is 0 Å². The van der Waals surface area contributed by atoms with Gasteiger partial charge in [0, 0.05) is 0 Å². The molecule has 0 aliphatic rings.